The molecule has 0 rings (SSSR count). The lowest BCUT2D eigenvalue weighted by atomic mass is 9.75. The van der Waals surface area contributed by atoms with Gasteiger partial charge in [-0.2, -0.15) is 0 Å². The highest BCUT2D eigenvalue weighted by atomic mass is 14.8. The summed E-state index contributed by atoms with van der Waals surface area (Å²) in [5.41, 5.74) is 0.517. The third-order valence-electron chi connectivity index (χ3n) is 3.54. The van der Waals surface area contributed by atoms with Crippen molar-refractivity contribution >= 4 is 0 Å². The first-order valence-electron chi connectivity index (χ1n) is 6.33. The normalized spacial score (nSPS) is 17.1. The molecule has 0 heterocycles. The van der Waals surface area contributed by atoms with Crippen LogP contribution in [-0.4, -0.2) is 13.6 Å². The first-order valence-corrected chi connectivity index (χ1v) is 6.33. The standard InChI is InChI=1S/C14H29N/c1-6-8-9-13(3)12-14(4,7-2)10-11-15-5/h6,13,15H,1,7-12H2,2-5H3. The highest BCUT2D eigenvalue weighted by Gasteiger charge is 2.23. The summed E-state index contributed by atoms with van der Waals surface area (Å²) >= 11 is 0. The van der Waals surface area contributed by atoms with Gasteiger partial charge in [-0.05, 0) is 50.6 Å². The van der Waals surface area contributed by atoms with Crippen LogP contribution >= 0.6 is 0 Å². The summed E-state index contributed by atoms with van der Waals surface area (Å²) in [7, 11) is 2.04. The molecular formula is C14H29N. The molecule has 0 aromatic carbocycles. The largest absolute Gasteiger partial charge is 0.320 e. The maximum absolute atomic E-state index is 3.79. The second-order valence-electron chi connectivity index (χ2n) is 5.19. The van der Waals surface area contributed by atoms with E-state index >= 15 is 0 Å². The molecule has 90 valence electrons. The van der Waals surface area contributed by atoms with Crippen LogP contribution in [0.25, 0.3) is 0 Å². The fourth-order valence-electron chi connectivity index (χ4n) is 2.20. The molecule has 0 aliphatic rings. The van der Waals surface area contributed by atoms with Gasteiger partial charge in [0.1, 0.15) is 0 Å². The van der Waals surface area contributed by atoms with E-state index in [0.29, 0.717) is 5.41 Å². The lowest BCUT2D eigenvalue weighted by Gasteiger charge is -2.31. The van der Waals surface area contributed by atoms with Crippen LogP contribution in [0.4, 0.5) is 0 Å². The lowest BCUT2D eigenvalue weighted by molar-refractivity contribution is 0.214. The summed E-state index contributed by atoms with van der Waals surface area (Å²) in [6, 6.07) is 0. The van der Waals surface area contributed by atoms with Crippen LogP contribution in [0.5, 0.6) is 0 Å². The van der Waals surface area contributed by atoms with Gasteiger partial charge in [-0.25, -0.2) is 0 Å². The Hall–Kier alpha value is -0.300. The molecule has 0 spiro atoms. The summed E-state index contributed by atoms with van der Waals surface area (Å²) in [4.78, 5) is 0. The zero-order valence-electron chi connectivity index (χ0n) is 11.1. The van der Waals surface area contributed by atoms with Gasteiger partial charge in [0.15, 0.2) is 0 Å². The highest BCUT2D eigenvalue weighted by Crippen LogP contribution is 2.34. The molecule has 0 aromatic rings. The smallest absolute Gasteiger partial charge is 0.00467 e. The first-order chi connectivity index (χ1) is 7.08. The molecule has 0 fully saturated rings. The zero-order valence-corrected chi connectivity index (χ0v) is 11.1. The maximum atomic E-state index is 3.79. The molecule has 1 nitrogen and oxygen atoms in total. The average Bonchev–Trinajstić information content (AvgIpc) is 2.23. The zero-order chi connectivity index (χ0) is 11.7. The summed E-state index contributed by atoms with van der Waals surface area (Å²) < 4.78 is 0. The van der Waals surface area contributed by atoms with E-state index in [1.807, 2.05) is 13.1 Å². The van der Waals surface area contributed by atoms with Gasteiger partial charge >= 0.3 is 0 Å². The Morgan fingerprint density at radius 1 is 1.47 bits per heavy atom. The molecule has 0 radical (unpaired) electrons. The Kier molecular flexibility index (Phi) is 7.76. The summed E-state index contributed by atoms with van der Waals surface area (Å²) in [6.07, 6.45) is 8.41. The highest BCUT2D eigenvalue weighted by molar-refractivity contribution is 4.77. The monoisotopic (exact) mass is 211 g/mol. The van der Waals surface area contributed by atoms with Crippen molar-refractivity contribution in [2.75, 3.05) is 13.6 Å². The van der Waals surface area contributed by atoms with Gasteiger partial charge in [0.2, 0.25) is 0 Å². The van der Waals surface area contributed by atoms with Gasteiger partial charge in [-0.15, -0.1) is 6.58 Å². The average molecular weight is 211 g/mol. The van der Waals surface area contributed by atoms with Crippen LogP contribution in [-0.2, 0) is 0 Å². The molecule has 0 aromatic heterocycles. The van der Waals surface area contributed by atoms with Gasteiger partial charge < -0.3 is 5.32 Å². The summed E-state index contributed by atoms with van der Waals surface area (Å²) in [5, 5.41) is 3.26. The third-order valence-corrected chi connectivity index (χ3v) is 3.54. The van der Waals surface area contributed by atoms with Crippen LogP contribution in [0.2, 0.25) is 0 Å². The van der Waals surface area contributed by atoms with Crippen molar-refractivity contribution in [3.8, 4) is 0 Å². The number of hydrogen-bond donors (Lipinski definition) is 1. The fourth-order valence-corrected chi connectivity index (χ4v) is 2.20. The molecule has 0 saturated carbocycles. The molecule has 1 heteroatoms. The molecule has 0 aliphatic heterocycles. The van der Waals surface area contributed by atoms with Crippen LogP contribution in [0.1, 0.15) is 52.9 Å². The quantitative estimate of drug-likeness (QED) is 0.568. The molecule has 2 unspecified atom stereocenters. The first kappa shape index (κ1) is 14.7. The van der Waals surface area contributed by atoms with E-state index in [2.05, 4.69) is 32.7 Å². The summed E-state index contributed by atoms with van der Waals surface area (Å²) in [5.74, 6) is 0.824. The maximum Gasteiger partial charge on any atom is -0.00467 e. The molecule has 0 aliphatic carbocycles. The van der Waals surface area contributed by atoms with Gasteiger partial charge in [-0.1, -0.05) is 33.3 Å². The Labute approximate surface area is 96.3 Å². The number of rotatable bonds is 9. The van der Waals surface area contributed by atoms with Crippen LogP contribution in [0, 0.1) is 11.3 Å². The fraction of sp³-hybridized carbons (Fsp3) is 0.857. The van der Waals surface area contributed by atoms with E-state index in [-0.39, 0.29) is 0 Å². The van der Waals surface area contributed by atoms with E-state index in [9.17, 15) is 0 Å². The Bertz CT molecular complexity index is 165. The Balaban J connectivity index is 3.98. The molecule has 1 N–H and O–H groups in total. The van der Waals surface area contributed by atoms with E-state index in [0.717, 1.165) is 18.9 Å². The Morgan fingerprint density at radius 2 is 2.13 bits per heavy atom. The van der Waals surface area contributed by atoms with Gasteiger partial charge in [-0.3, -0.25) is 0 Å². The van der Waals surface area contributed by atoms with Gasteiger partial charge in [0.25, 0.3) is 0 Å². The SMILES string of the molecule is C=CCCC(C)CC(C)(CC)CCNC. The number of hydrogen-bond acceptors (Lipinski definition) is 1. The van der Waals surface area contributed by atoms with Gasteiger partial charge in [0.05, 0.1) is 0 Å². The minimum Gasteiger partial charge on any atom is -0.320 e. The molecule has 2 atom stereocenters. The van der Waals surface area contributed by atoms with Crippen molar-refractivity contribution in [2.24, 2.45) is 11.3 Å². The van der Waals surface area contributed by atoms with Crippen LogP contribution in [0.15, 0.2) is 12.7 Å². The van der Waals surface area contributed by atoms with Crippen molar-refractivity contribution < 1.29 is 0 Å². The minimum absolute atomic E-state index is 0.517. The second-order valence-corrected chi connectivity index (χ2v) is 5.19. The van der Waals surface area contributed by atoms with E-state index in [4.69, 9.17) is 0 Å². The molecule has 15 heavy (non-hydrogen) atoms. The van der Waals surface area contributed by atoms with Crippen LogP contribution < -0.4 is 5.32 Å². The predicted molar refractivity (Wildman–Crippen MR) is 70.2 cm³/mol. The number of nitrogens with one attached hydrogen (secondary N) is 1. The lowest BCUT2D eigenvalue weighted by Crippen LogP contribution is -2.24. The Morgan fingerprint density at radius 3 is 2.60 bits per heavy atom. The van der Waals surface area contributed by atoms with Crippen molar-refractivity contribution in [1.82, 2.24) is 5.32 Å². The van der Waals surface area contributed by atoms with E-state index in [1.165, 1.54) is 25.7 Å². The van der Waals surface area contributed by atoms with Crippen molar-refractivity contribution in [2.45, 2.75) is 52.9 Å². The summed E-state index contributed by atoms with van der Waals surface area (Å²) in [6.45, 7) is 12.0. The molecule has 0 bridgehead atoms. The van der Waals surface area contributed by atoms with Crippen LogP contribution in [0.3, 0.4) is 0 Å². The molecule has 0 saturated heterocycles. The van der Waals surface area contributed by atoms with E-state index < -0.39 is 0 Å². The molecular weight excluding hydrogens is 182 g/mol. The van der Waals surface area contributed by atoms with Gasteiger partial charge in [0, 0.05) is 0 Å². The number of allylic oxidation sites excluding steroid dienone is 1. The van der Waals surface area contributed by atoms with Crippen molar-refractivity contribution in [3.63, 3.8) is 0 Å². The van der Waals surface area contributed by atoms with Crippen molar-refractivity contribution in [1.29, 1.82) is 0 Å². The topological polar surface area (TPSA) is 12.0 Å². The predicted octanol–water partition coefficient (Wildman–Crippen LogP) is 4.00. The molecule has 0 amide bonds. The minimum atomic E-state index is 0.517. The van der Waals surface area contributed by atoms with Crippen molar-refractivity contribution in [3.05, 3.63) is 12.7 Å². The third kappa shape index (κ3) is 6.72. The second kappa shape index (κ2) is 7.92. The van der Waals surface area contributed by atoms with E-state index in [1.54, 1.807) is 0 Å².